The zero-order chi connectivity index (χ0) is 13.3. The predicted molar refractivity (Wildman–Crippen MR) is 75.4 cm³/mol. The molecule has 0 spiro atoms. The molecule has 2 rings (SSSR count). The zero-order valence-electron chi connectivity index (χ0n) is 11.4. The maximum Gasteiger partial charge on any atom is 0.0635 e. The van der Waals surface area contributed by atoms with E-state index in [0.717, 1.165) is 26.2 Å². The summed E-state index contributed by atoms with van der Waals surface area (Å²) in [4.78, 5) is 6.63. The third-order valence-corrected chi connectivity index (χ3v) is 3.68. The number of nitrogens with zero attached hydrogens (tertiary/aromatic N) is 3. The van der Waals surface area contributed by atoms with Crippen LogP contribution in [-0.4, -0.2) is 35.6 Å². The van der Waals surface area contributed by atoms with E-state index in [0.29, 0.717) is 12.5 Å². The van der Waals surface area contributed by atoms with E-state index in [9.17, 15) is 0 Å². The molecule has 2 heterocycles. The van der Waals surface area contributed by atoms with Gasteiger partial charge in [-0.2, -0.15) is 5.26 Å². The molecule has 1 aliphatic heterocycles. The molecule has 0 amide bonds. The average Bonchev–Trinajstić information content (AvgIpc) is 2.73. The summed E-state index contributed by atoms with van der Waals surface area (Å²) >= 11 is 0. The largest absolute Gasteiger partial charge is 0.317 e. The van der Waals surface area contributed by atoms with E-state index in [-0.39, 0.29) is 0 Å². The molecule has 0 bridgehead atoms. The van der Waals surface area contributed by atoms with Gasteiger partial charge in [-0.05, 0) is 44.0 Å². The van der Waals surface area contributed by atoms with E-state index in [1.165, 1.54) is 24.8 Å². The molecule has 0 aliphatic carbocycles. The van der Waals surface area contributed by atoms with E-state index in [2.05, 4.69) is 27.3 Å². The van der Waals surface area contributed by atoms with Crippen LogP contribution in [0.3, 0.4) is 0 Å². The Hall–Kier alpha value is -1.44. The van der Waals surface area contributed by atoms with Gasteiger partial charge in [0.05, 0.1) is 6.07 Å². The molecule has 1 unspecified atom stereocenters. The lowest BCUT2D eigenvalue weighted by Crippen LogP contribution is -2.36. The highest BCUT2D eigenvalue weighted by atomic mass is 15.2. The number of nitriles is 1. The van der Waals surface area contributed by atoms with Gasteiger partial charge in [0, 0.05) is 37.9 Å². The highest BCUT2D eigenvalue weighted by Gasteiger charge is 2.19. The first kappa shape index (κ1) is 14.0. The second-order valence-corrected chi connectivity index (χ2v) is 5.07. The van der Waals surface area contributed by atoms with Crippen molar-refractivity contribution in [2.75, 3.05) is 19.6 Å². The van der Waals surface area contributed by atoms with Crippen molar-refractivity contribution in [3.63, 3.8) is 0 Å². The Bertz CT molecular complexity index is 390. The van der Waals surface area contributed by atoms with Crippen LogP contribution < -0.4 is 5.32 Å². The van der Waals surface area contributed by atoms with Crippen LogP contribution in [0, 0.1) is 11.3 Å². The zero-order valence-corrected chi connectivity index (χ0v) is 11.4. The van der Waals surface area contributed by atoms with Crippen molar-refractivity contribution >= 4 is 0 Å². The molecule has 4 heteroatoms. The minimum absolute atomic E-state index is 0.587. The summed E-state index contributed by atoms with van der Waals surface area (Å²) in [7, 11) is 0. The second-order valence-electron chi connectivity index (χ2n) is 5.07. The summed E-state index contributed by atoms with van der Waals surface area (Å²) in [6.45, 7) is 3.96. The Morgan fingerprint density at radius 3 is 3.16 bits per heavy atom. The summed E-state index contributed by atoms with van der Waals surface area (Å²) in [5, 5.41) is 12.3. The number of hydrogen-bond donors (Lipinski definition) is 1. The smallest absolute Gasteiger partial charge is 0.0635 e. The molecule has 102 valence electrons. The normalized spacial score (nSPS) is 19.9. The van der Waals surface area contributed by atoms with E-state index in [1.807, 2.05) is 12.3 Å². The molecule has 1 fully saturated rings. The molecule has 0 radical (unpaired) electrons. The number of aromatic nitrogens is 1. The summed E-state index contributed by atoms with van der Waals surface area (Å²) in [5.74, 6) is 0. The monoisotopic (exact) mass is 258 g/mol. The summed E-state index contributed by atoms with van der Waals surface area (Å²) < 4.78 is 0. The number of nitrogens with one attached hydrogen (secondary N) is 1. The molecule has 1 saturated heterocycles. The molecule has 1 N–H and O–H groups in total. The third kappa shape index (κ3) is 4.62. The predicted octanol–water partition coefficient (Wildman–Crippen LogP) is 1.94. The molecule has 4 nitrogen and oxygen atoms in total. The van der Waals surface area contributed by atoms with Crippen LogP contribution >= 0.6 is 0 Å². The van der Waals surface area contributed by atoms with Crippen molar-refractivity contribution in [3.05, 3.63) is 30.1 Å². The standard InChI is InChI=1S/C15H22N4/c16-7-3-11-19(13-14-4-1-9-18-12-14)15-5-2-8-17-10-6-15/h1,4,9,12,15,17H,2-3,5-6,8,10-11,13H2. The minimum atomic E-state index is 0.587. The lowest BCUT2D eigenvalue weighted by molar-refractivity contribution is 0.177. The van der Waals surface area contributed by atoms with Crippen LogP contribution in [0.25, 0.3) is 0 Å². The van der Waals surface area contributed by atoms with Crippen LogP contribution in [0.5, 0.6) is 0 Å². The fourth-order valence-corrected chi connectivity index (χ4v) is 2.68. The van der Waals surface area contributed by atoms with Crippen LogP contribution in [0.4, 0.5) is 0 Å². The Kier molecular flexibility index (Phi) is 5.80. The first-order chi connectivity index (χ1) is 9.40. The Labute approximate surface area is 115 Å². The van der Waals surface area contributed by atoms with Gasteiger partial charge in [-0.15, -0.1) is 0 Å². The van der Waals surface area contributed by atoms with Gasteiger partial charge in [-0.1, -0.05) is 6.07 Å². The highest BCUT2D eigenvalue weighted by molar-refractivity contribution is 5.08. The van der Waals surface area contributed by atoms with Crippen molar-refractivity contribution in [2.24, 2.45) is 0 Å². The van der Waals surface area contributed by atoms with Crippen molar-refractivity contribution < 1.29 is 0 Å². The number of hydrogen-bond acceptors (Lipinski definition) is 4. The molecular formula is C15H22N4. The fourth-order valence-electron chi connectivity index (χ4n) is 2.68. The van der Waals surface area contributed by atoms with E-state index in [4.69, 9.17) is 5.26 Å². The van der Waals surface area contributed by atoms with Gasteiger partial charge >= 0.3 is 0 Å². The van der Waals surface area contributed by atoms with Crippen molar-refractivity contribution in [3.8, 4) is 6.07 Å². The molecule has 19 heavy (non-hydrogen) atoms. The van der Waals surface area contributed by atoms with Crippen molar-refractivity contribution in [1.29, 1.82) is 5.26 Å². The van der Waals surface area contributed by atoms with Gasteiger partial charge in [0.2, 0.25) is 0 Å². The van der Waals surface area contributed by atoms with Gasteiger partial charge in [0.25, 0.3) is 0 Å². The third-order valence-electron chi connectivity index (χ3n) is 3.68. The molecule has 1 aromatic rings. The quantitative estimate of drug-likeness (QED) is 0.877. The SMILES string of the molecule is N#CCCN(Cc1cccnc1)C1CCCNCC1. The molecule has 0 aromatic carbocycles. The topological polar surface area (TPSA) is 52.0 Å². The maximum atomic E-state index is 8.83. The number of pyridine rings is 1. The lowest BCUT2D eigenvalue weighted by atomic mass is 10.1. The molecule has 1 aliphatic rings. The van der Waals surface area contributed by atoms with Gasteiger partial charge in [0.1, 0.15) is 0 Å². The van der Waals surface area contributed by atoms with E-state index >= 15 is 0 Å². The molecule has 0 saturated carbocycles. The first-order valence-corrected chi connectivity index (χ1v) is 7.11. The average molecular weight is 258 g/mol. The van der Waals surface area contributed by atoms with Crippen molar-refractivity contribution in [1.82, 2.24) is 15.2 Å². The number of rotatable bonds is 5. The minimum Gasteiger partial charge on any atom is -0.317 e. The fraction of sp³-hybridized carbons (Fsp3) is 0.600. The highest BCUT2D eigenvalue weighted by Crippen LogP contribution is 2.16. The first-order valence-electron chi connectivity index (χ1n) is 7.11. The maximum absolute atomic E-state index is 8.83. The van der Waals surface area contributed by atoms with E-state index < -0.39 is 0 Å². The molecule has 1 atom stereocenters. The lowest BCUT2D eigenvalue weighted by Gasteiger charge is -2.30. The van der Waals surface area contributed by atoms with Gasteiger partial charge in [0.15, 0.2) is 0 Å². The van der Waals surface area contributed by atoms with Gasteiger partial charge < -0.3 is 5.32 Å². The van der Waals surface area contributed by atoms with Gasteiger partial charge in [-0.3, -0.25) is 9.88 Å². The summed E-state index contributed by atoms with van der Waals surface area (Å²) in [6, 6.07) is 6.94. The van der Waals surface area contributed by atoms with Crippen molar-refractivity contribution in [2.45, 2.75) is 38.3 Å². The summed E-state index contributed by atoms with van der Waals surface area (Å²) in [5.41, 5.74) is 1.23. The summed E-state index contributed by atoms with van der Waals surface area (Å²) in [6.07, 6.45) is 7.95. The molecule has 1 aromatic heterocycles. The van der Waals surface area contributed by atoms with Crippen LogP contribution in [0.1, 0.15) is 31.2 Å². The second kappa shape index (κ2) is 7.88. The van der Waals surface area contributed by atoms with Crippen LogP contribution in [0.15, 0.2) is 24.5 Å². The van der Waals surface area contributed by atoms with E-state index in [1.54, 1.807) is 6.20 Å². The van der Waals surface area contributed by atoms with Crippen LogP contribution in [-0.2, 0) is 6.54 Å². The molecular weight excluding hydrogens is 236 g/mol. The Morgan fingerprint density at radius 2 is 2.37 bits per heavy atom. The van der Waals surface area contributed by atoms with Crippen LogP contribution in [0.2, 0.25) is 0 Å². The Balaban J connectivity index is 1.99. The van der Waals surface area contributed by atoms with Gasteiger partial charge in [-0.25, -0.2) is 0 Å². The Morgan fingerprint density at radius 1 is 1.42 bits per heavy atom.